The molecule has 0 bridgehead atoms. The van der Waals surface area contributed by atoms with Gasteiger partial charge < -0.3 is 14.7 Å². The minimum Gasteiger partial charge on any atom is -0.386 e. The van der Waals surface area contributed by atoms with E-state index in [9.17, 15) is 9.90 Å². The van der Waals surface area contributed by atoms with E-state index in [1.165, 1.54) is 0 Å². The van der Waals surface area contributed by atoms with Crippen LogP contribution in [-0.4, -0.2) is 58.2 Å². The lowest BCUT2D eigenvalue weighted by molar-refractivity contribution is -0.0127. The van der Waals surface area contributed by atoms with E-state index in [0.29, 0.717) is 32.2 Å². The molecule has 0 spiro atoms. The molecule has 3 rings (SSSR count). The van der Waals surface area contributed by atoms with Crippen LogP contribution in [0.1, 0.15) is 25.0 Å². The predicted molar refractivity (Wildman–Crippen MR) is 82.8 cm³/mol. The van der Waals surface area contributed by atoms with Crippen molar-refractivity contribution in [2.24, 2.45) is 5.92 Å². The standard InChI is InChI=1S/C16H25N3O3/c1-13-2-3-15(20)19(17-13)10-14-4-7-18(8-5-14)11-16(21)6-9-22-12-16/h2-3,14,21H,4-12H2,1H3. The summed E-state index contributed by atoms with van der Waals surface area (Å²) in [5, 5.41) is 14.7. The Morgan fingerprint density at radius 1 is 1.41 bits per heavy atom. The van der Waals surface area contributed by atoms with Gasteiger partial charge in [-0.15, -0.1) is 0 Å². The number of ether oxygens (including phenoxy) is 1. The van der Waals surface area contributed by atoms with Crippen LogP contribution in [0.25, 0.3) is 0 Å². The average molecular weight is 307 g/mol. The van der Waals surface area contributed by atoms with Gasteiger partial charge >= 0.3 is 0 Å². The van der Waals surface area contributed by atoms with Crippen molar-refractivity contribution in [1.29, 1.82) is 0 Å². The van der Waals surface area contributed by atoms with E-state index in [2.05, 4.69) is 10.00 Å². The van der Waals surface area contributed by atoms with Crippen molar-refractivity contribution in [2.75, 3.05) is 32.8 Å². The first-order valence-electron chi connectivity index (χ1n) is 8.11. The Kier molecular flexibility index (Phi) is 4.61. The van der Waals surface area contributed by atoms with Gasteiger partial charge in [-0.2, -0.15) is 5.10 Å². The zero-order valence-corrected chi connectivity index (χ0v) is 13.2. The second-order valence-electron chi connectivity index (χ2n) is 6.74. The first-order chi connectivity index (χ1) is 10.5. The van der Waals surface area contributed by atoms with Gasteiger partial charge in [0.1, 0.15) is 5.60 Å². The highest BCUT2D eigenvalue weighted by Gasteiger charge is 2.35. The van der Waals surface area contributed by atoms with Gasteiger partial charge in [-0.25, -0.2) is 4.68 Å². The van der Waals surface area contributed by atoms with Crippen LogP contribution in [0.15, 0.2) is 16.9 Å². The Hall–Kier alpha value is -1.24. The van der Waals surface area contributed by atoms with Gasteiger partial charge in [0.15, 0.2) is 0 Å². The largest absolute Gasteiger partial charge is 0.386 e. The summed E-state index contributed by atoms with van der Waals surface area (Å²) in [6.07, 6.45) is 2.81. The van der Waals surface area contributed by atoms with Gasteiger partial charge in [-0.3, -0.25) is 4.79 Å². The number of piperidine rings is 1. The summed E-state index contributed by atoms with van der Waals surface area (Å²) in [5.74, 6) is 0.484. The Labute approximate surface area is 130 Å². The molecule has 122 valence electrons. The number of aliphatic hydroxyl groups is 1. The average Bonchev–Trinajstić information content (AvgIpc) is 2.91. The number of nitrogens with zero attached hydrogens (tertiary/aromatic N) is 3. The second-order valence-corrected chi connectivity index (χ2v) is 6.74. The van der Waals surface area contributed by atoms with Gasteiger partial charge in [0.25, 0.3) is 5.56 Å². The Bertz CT molecular complexity index is 558. The Morgan fingerprint density at radius 2 is 2.18 bits per heavy atom. The summed E-state index contributed by atoms with van der Waals surface area (Å²) < 4.78 is 6.89. The van der Waals surface area contributed by atoms with Crippen molar-refractivity contribution < 1.29 is 9.84 Å². The lowest BCUT2D eigenvalue weighted by atomic mass is 9.94. The van der Waals surface area contributed by atoms with E-state index in [1.807, 2.05) is 6.92 Å². The number of hydrogen-bond donors (Lipinski definition) is 1. The number of β-amino-alcohol motifs (C(OH)–C–C–N with tert-alkyl or cyclic N) is 1. The monoisotopic (exact) mass is 307 g/mol. The Balaban J connectivity index is 1.51. The van der Waals surface area contributed by atoms with Crippen molar-refractivity contribution in [2.45, 2.75) is 38.3 Å². The normalized spacial score (nSPS) is 27.4. The lowest BCUT2D eigenvalue weighted by Crippen LogP contribution is -2.47. The molecule has 6 heteroatoms. The molecule has 6 nitrogen and oxygen atoms in total. The maximum Gasteiger partial charge on any atom is 0.266 e. The fraction of sp³-hybridized carbons (Fsp3) is 0.750. The highest BCUT2D eigenvalue weighted by atomic mass is 16.5. The van der Waals surface area contributed by atoms with Crippen LogP contribution >= 0.6 is 0 Å². The summed E-state index contributed by atoms with van der Waals surface area (Å²) >= 11 is 0. The zero-order valence-electron chi connectivity index (χ0n) is 13.2. The summed E-state index contributed by atoms with van der Waals surface area (Å²) in [7, 11) is 0. The van der Waals surface area contributed by atoms with Gasteiger partial charge in [0.2, 0.25) is 0 Å². The summed E-state index contributed by atoms with van der Waals surface area (Å²) in [6, 6.07) is 3.35. The molecule has 1 unspecified atom stereocenters. The fourth-order valence-electron chi connectivity index (χ4n) is 3.39. The third-order valence-corrected chi connectivity index (χ3v) is 4.74. The minimum atomic E-state index is -0.665. The highest BCUT2D eigenvalue weighted by Crippen LogP contribution is 2.24. The van der Waals surface area contributed by atoms with E-state index in [4.69, 9.17) is 4.74 Å². The lowest BCUT2D eigenvalue weighted by Gasteiger charge is -2.36. The van der Waals surface area contributed by atoms with E-state index < -0.39 is 5.60 Å². The molecule has 2 saturated heterocycles. The fourth-order valence-corrected chi connectivity index (χ4v) is 3.39. The van der Waals surface area contributed by atoms with Gasteiger partial charge in [0, 0.05) is 32.2 Å². The number of aryl methyl sites for hydroxylation is 1. The Morgan fingerprint density at radius 3 is 2.86 bits per heavy atom. The molecular weight excluding hydrogens is 282 g/mol. The van der Waals surface area contributed by atoms with E-state index >= 15 is 0 Å². The molecule has 22 heavy (non-hydrogen) atoms. The van der Waals surface area contributed by atoms with Crippen molar-refractivity contribution in [3.8, 4) is 0 Å². The third kappa shape index (κ3) is 3.74. The summed E-state index contributed by atoms with van der Waals surface area (Å²) in [5.41, 5.74) is 0.188. The number of likely N-dealkylation sites (tertiary alicyclic amines) is 1. The molecule has 0 amide bonds. The number of hydrogen-bond acceptors (Lipinski definition) is 5. The zero-order chi connectivity index (χ0) is 15.6. The van der Waals surface area contributed by atoms with E-state index in [1.54, 1.807) is 16.8 Å². The van der Waals surface area contributed by atoms with Crippen LogP contribution in [0.5, 0.6) is 0 Å². The van der Waals surface area contributed by atoms with Crippen LogP contribution in [0.3, 0.4) is 0 Å². The molecule has 1 atom stereocenters. The molecule has 1 aromatic heterocycles. The third-order valence-electron chi connectivity index (χ3n) is 4.74. The van der Waals surface area contributed by atoms with Crippen LogP contribution in [-0.2, 0) is 11.3 Å². The van der Waals surface area contributed by atoms with Crippen molar-refractivity contribution in [1.82, 2.24) is 14.7 Å². The molecule has 0 aromatic carbocycles. The summed E-state index contributed by atoms with van der Waals surface area (Å²) in [6.45, 7) is 6.35. The molecule has 2 aliphatic heterocycles. The van der Waals surface area contributed by atoms with E-state index in [-0.39, 0.29) is 5.56 Å². The summed E-state index contributed by atoms with van der Waals surface area (Å²) in [4.78, 5) is 14.1. The minimum absolute atomic E-state index is 0.0227. The van der Waals surface area contributed by atoms with Gasteiger partial charge in [-0.1, -0.05) is 0 Å². The van der Waals surface area contributed by atoms with Crippen LogP contribution in [0, 0.1) is 12.8 Å². The van der Waals surface area contributed by atoms with E-state index in [0.717, 1.165) is 38.0 Å². The second kappa shape index (κ2) is 6.48. The quantitative estimate of drug-likeness (QED) is 0.873. The molecule has 0 aliphatic carbocycles. The molecule has 3 heterocycles. The van der Waals surface area contributed by atoms with Crippen LogP contribution in [0.2, 0.25) is 0 Å². The maximum atomic E-state index is 11.8. The van der Waals surface area contributed by atoms with Crippen molar-refractivity contribution in [3.05, 3.63) is 28.2 Å². The van der Waals surface area contributed by atoms with Gasteiger partial charge in [0.05, 0.1) is 12.3 Å². The molecular formula is C16H25N3O3. The van der Waals surface area contributed by atoms with Crippen LogP contribution < -0.4 is 5.56 Å². The number of aromatic nitrogens is 2. The topological polar surface area (TPSA) is 67.6 Å². The predicted octanol–water partition coefficient (Wildman–Crippen LogP) is 0.415. The van der Waals surface area contributed by atoms with Gasteiger partial charge in [-0.05, 0) is 44.8 Å². The molecule has 2 aliphatic rings. The SMILES string of the molecule is Cc1ccc(=O)n(CC2CCN(CC3(O)CCOC3)CC2)n1. The van der Waals surface area contributed by atoms with Crippen molar-refractivity contribution >= 4 is 0 Å². The maximum absolute atomic E-state index is 11.8. The number of rotatable bonds is 4. The highest BCUT2D eigenvalue weighted by molar-refractivity contribution is 4.97. The van der Waals surface area contributed by atoms with Crippen molar-refractivity contribution in [3.63, 3.8) is 0 Å². The first-order valence-corrected chi connectivity index (χ1v) is 8.11. The first kappa shape index (κ1) is 15.6. The molecule has 0 saturated carbocycles. The molecule has 0 radical (unpaired) electrons. The molecule has 2 fully saturated rings. The molecule has 1 aromatic rings. The molecule has 1 N–H and O–H groups in total. The van der Waals surface area contributed by atoms with Crippen LogP contribution in [0.4, 0.5) is 0 Å². The smallest absolute Gasteiger partial charge is 0.266 e.